The lowest BCUT2D eigenvalue weighted by atomic mass is 10.1. The number of nitrogens with zero attached hydrogens (tertiary/aromatic N) is 5. The summed E-state index contributed by atoms with van der Waals surface area (Å²) >= 11 is 0. The third kappa shape index (κ3) is 3.66. The van der Waals surface area contributed by atoms with Gasteiger partial charge in [0.05, 0.1) is 18.7 Å². The van der Waals surface area contributed by atoms with Gasteiger partial charge in [-0.2, -0.15) is 5.10 Å². The van der Waals surface area contributed by atoms with Crippen LogP contribution in [-0.4, -0.2) is 43.8 Å². The number of aromatic nitrogens is 4. The lowest BCUT2D eigenvalue weighted by Gasteiger charge is -2.19. The summed E-state index contributed by atoms with van der Waals surface area (Å²) in [5.74, 6) is 2.44. The molecule has 0 aliphatic carbocycles. The first kappa shape index (κ1) is 16.5. The Morgan fingerprint density at radius 1 is 1.19 bits per heavy atom. The highest BCUT2D eigenvalue weighted by atomic mass is 16.5. The summed E-state index contributed by atoms with van der Waals surface area (Å²) in [6.45, 7) is 3.79. The van der Waals surface area contributed by atoms with Gasteiger partial charge in [0.15, 0.2) is 5.82 Å². The number of carbonyl (C=O) groups excluding carboxylic acids is 1. The second kappa shape index (κ2) is 7.11. The van der Waals surface area contributed by atoms with Gasteiger partial charge in [-0.05, 0) is 12.5 Å². The fourth-order valence-corrected chi connectivity index (χ4v) is 3.22. The van der Waals surface area contributed by atoms with E-state index in [2.05, 4.69) is 27.4 Å². The summed E-state index contributed by atoms with van der Waals surface area (Å²) in [4.78, 5) is 19.0. The van der Waals surface area contributed by atoms with E-state index in [1.54, 1.807) is 6.07 Å². The van der Waals surface area contributed by atoms with Crippen molar-refractivity contribution in [1.29, 1.82) is 0 Å². The topological polar surface area (TPSA) is 77.0 Å². The standard InChI is InChI=1S/C19H21N5O2/c1-14-11-16(26-22-14)13-19(25)23-8-7-18-20-17(21-24(18)10-9-23)12-15-5-3-2-4-6-15/h2-6,11H,7-10,12-13H2,1H3. The van der Waals surface area contributed by atoms with Gasteiger partial charge in [0.25, 0.3) is 0 Å². The Morgan fingerprint density at radius 2 is 2.04 bits per heavy atom. The molecule has 1 aliphatic heterocycles. The third-order valence-electron chi connectivity index (χ3n) is 4.54. The molecule has 3 aromatic rings. The van der Waals surface area contributed by atoms with Gasteiger partial charge < -0.3 is 9.42 Å². The van der Waals surface area contributed by atoms with Gasteiger partial charge in [-0.3, -0.25) is 4.79 Å². The highest BCUT2D eigenvalue weighted by Gasteiger charge is 2.22. The SMILES string of the molecule is Cc1cc(CC(=O)N2CCc3nc(Cc4ccccc4)nn3CC2)on1. The summed E-state index contributed by atoms with van der Waals surface area (Å²) < 4.78 is 7.08. The quantitative estimate of drug-likeness (QED) is 0.716. The third-order valence-corrected chi connectivity index (χ3v) is 4.54. The van der Waals surface area contributed by atoms with Crippen molar-refractivity contribution in [2.24, 2.45) is 0 Å². The van der Waals surface area contributed by atoms with Gasteiger partial charge in [-0.1, -0.05) is 35.5 Å². The molecule has 1 aromatic carbocycles. The van der Waals surface area contributed by atoms with E-state index in [4.69, 9.17) is 4.52 Å². The molecule has 7 heteroatoms. The first-order chi connectivity index (χ1) is 12.7. The molecule has 1 amide bonds. The Morgan fingerprint density at radius 3 is 2.81 bits per heavy atom. The van der Waals surface area contributed by atoms with E-state index in [0.717, 1.165) is 23.8 Å². The molecule has 0 radical (unpaired) electrons. The molecule has 0 N–H and O–H groups in total. The number of hydrogen-bond acceptors (Lipinski definition) is 5. The minimum Gasteiger partial charge on any atom is -0.361 e. The van der Waals surface area contributed by atoms with E-state index in [1.165, 1.54) is 5.56 Å². The van der Waals surface area contributed by atoms with E-state index in [9.17, 15) is 4.79 Å². The van der Waals surface area contributed by atoms with E-state index < -0.39 is 0 Å². The van der Waals surface area contributed by atoms with Crippen LogP contribution in [0.15, 0.2) is 40.9 Å². The van der Waals surface area contributed by atoms with Crippen LogP contribution in [0, 0.1) is 6.92 Å². The van der Waals surface area contributed by atoms with Gasteiger partial charge >= 0.3 is 0 Å². The zero-order chi connectivity index (χ0) is 17.9. The van der Waals surface area contributed by atoms with Crippen molar-refractivity contribution in [3.63, 3.8) is 0 Å². The Labute approximate surface area is 151 Å². The van der Waals surface area contributed by atoms with Crippen LogP contribution in [0.4, 0.5) is 0 Å². The number of aryl methyl sites for hydroxylation is 1. The lowest BCUT2D eigenvalue weighted by Crippen LogP contribution is -2.34. The average Bonchev–Trinajstić information content (AvgIpc) is 3.16. The van der Waals surface area contributed by atoms with Crippen LogP contribution in [0.1, 0.15) is 28.7 Å². The van der Waals surface area contributed by atoms with Crippen molar-refractivity contribution in [1.82, 2.24) is 24.8 Å². The molecule has 26 heavy (non-hydrogen) atoms. The van der Waals surface area contributed by atoms with E-state index in [-0.39, 0.29) is 12.3 Å². The van der Waals surface area contributed by atoms with Crippen LogP contribution >= 0.6 is 0 Å². The second-order valence-corrected chi connectivity index (χ2v) is 6.57. The van der Waals surface area contributed by atoms with Crippen molar-refractivity contribution in [2.75, 3.05) is 13.1 Å². The zero-order valence-electron chi connectivity index (χ0n) is 14.8. The molecule has 2 aromatic heterocycles. The second-order valence-electron chi connectivity index (χ2n) is 6.57. The Balaban J connectivity index is 1.38. The number of fused-ring (bicyclic) bond motifs is 1. The Kier molecular flexibility index (Phi) is 4.51. The molecule has 0 bridgehead atoms. The molecule has 0 saturated heterocycles. The zero-order valence-corrected chi connectivity index (χ0v) is 14.8. The monoisotopic (exact) mass is 351 g/mol. The number of hydrogen-bond donors (Lipinski definition) is 0. The molecular formula is C19H21N5O2. The smallest absolute Gasteiger partial charge is 0.230 e. The van der Waals surface area contributed by atoms with Crippen molar-refractivity contribution < 1.29 is 9.32 Å². The predicted octanol–water partition coefficient (Wildman–Crippen LogP) is 1.79. The summed E-state index contributed by atoms with van der Waals surface area (Å²) in [6, 6.07) is 12.0. The average molecular weight is 351 g/mol. The van der Waals surface area contributed by atoms with Crippen molar-refractivity contribution in [3.8, 4) is 0 Å². The van der Waals surface area contributed by atoms with E-state index in [0.29, 0.717) is 31.8 Å². The molecule has 0 unspecified atom stereocenters. The van der Waals surface area contributed by atoms with Crippen molar-refractivity contribution in [3.05, 3.63) is 65.1 Å². The summed E-state index contributed by atoms with van der Waals surface area (Å²) in [5, 5.41) is 8.46. The van der Waals surface area contributed by atoms with Crippen molar-refractivity contribution >= 4 is 5.91 Å². The molecule has 3 heterocycles. The minimum atomic E-state index is 0.0522. The van der Waals surface area contributed by atoms with Gasteiger partial charge in [-0.15, -0.1) is 0 Å². The molecule has 134 valence electrons. The normalized spacial score (nSPS) is 14.1. The maximum absolute atomic E-state index is 12.5. The molecule has 0 spiro atoms. The van der Waals surface area contributed by atoms with Crippen LogP contribution < -0.4 is 0 Å². The summed E-state index contributed by atoms with van der Waals surface area (Å²) in [7, 11) is 0. The number of rotatable bonds is 4. The van der Waals surface area contributed by atoms with E-state index in [1.807, 2.05) is 34.7 Å². The number of carbonyl (C=O) groups is 1. The predicted molar refractivity (Wildman–Crippen MR) is 94.5 cm³/mol. The van der Waals surface area contributed by atoms with Crippen LogP contribution in [-0.2, 0) is 30.6 Å². The first-order valence-corrected chi connectivity index (χ1v) is 8.84. The Hall–Kier alpha value is -2.96. The maximum atomic E-state index is 12.5. The molecular weight excluding hydrogens is 330 g/mol. The van der Waals surface area contributed by atoms with Gasteiger partial charge in [0.2, 0.25) is 5.91 Å². The fraction of sp³-hybridized carbons (Fsp3) is 0.368. The van der Waals surface area contributed by atoms with Crippen LogP contribution in [0.5, 0.6) is 0 Å². The number of benzene rings is 1. The van der Waals surface area contributed by atoms with Crippen LogP contribution in [0.3, 0.4) is 0 Å². The summed E-state index contributed by atoms with van der Waals surface area (Å²) in [6.07, 6.45) is 1.69. The van der Waals surface area contributed by atoms with Gasteiger partial charge in [0.1, 0.15) is 11.6 Å². The van der Waals surface area contributed by atoms with Crippen molar-refractivity contribution in [2.45, 2.75) is 32.7 Å². The lowest BCUT2D eigenvalue weighted by molar-refractivity contribution is -0.130. The largest absolute Gasteiger partial charge is 0.361 e. The van der Waals surface area contributed by atoms with Crippen LogP contribution in [0.2, 0.25) is 0 Å². The molecule has 0 fully saturated rings. The minimum absolute atomic E-state index is 0.0522. The molecule has 0 saturated carbocycles. The van der Waals surface area contributed by atoms with Gasteiger partial charge in [0, 0.05) is 32.0 Å². The fourth-order valence-electron chi connectivity index (χ4n) is 3.22. The van der Waals surface area contributed by atoms with E-state index >= 15 is 0 Å². The molecule has 0 atom stereocenters. The Bertz CT molecular complexity index is 874. The highest BCUT2D eigenvalue weighted by molar-refractivity contribution is 5.78. The summed E-state index contributed by atoms with van der Waals surface area (Å²) in [5.41, 5.74) is 1.99. The molecule has 4 rings (SSSR count). The first-order valence-electron chi connectivity index (χ1n) is 8.84. The van der Waals surface area contributed by atoms with Gasteiger partial charge in [-0.25, -0.2) is 9.67 Å². The number of amides is 1. The van der Waals surface area contributed by atoms with Crippen LogP contribution in [0.25, 0.3) is 0 Å². The molecule has 7 nitrogen and oxygen atoms in total. The highest BCUT2D eigenvalue weighted by Crippen LogP contribution is 2.12. The molecule has 1 aliphatic rings. The maximum Gasteiger partial charge on any atom is 0.230 e.